The number of methoxy groups -OCH3 is 1. The van der Waals surface area contributed by atoms with E-state index in [1.54, 1.807) is 0 Å². The van der Waals surface area contributed by atoms with E-state index >= 15 is 0 Å². The van der Waals surface area contributed by atoms with Crippen LogP contribution in [-0.4, -0.2) is 56.4 Å². The molecule has 0 saturated carbocycles. The molecule has 0 aromatic rings. The lowest BCUT2D eigenvalue weighted by Gasteiger charge is -2.24. The van der Waals surface area contributed by atoms with Crippen molar-refractivity contribution >= 4 is 11.9 Å². The van der Waals surface area contributed by atoms with E-state index in [9.17, 15) is 9.59 Å². The molecule has 1 N–H and O–H groups in total. The van der Waals surface area contributed by atoms with Crippen molar-refractivity contribution in [1.82, 2.24) is 0 Å². The number of carbonyl (C=O) groups is 2. The maximum atomic E-state index is 11.0. The fourth-order valence-electron chi connectivity index (χ4n) is 1.02. The van der Waals surface area contributed by atoms with Gasteiger partial charge in [-0.1, -0.05) is 0 Å². The molecule has 15 heavy (non-hydrogen) atoms. The number of carboxylic acids is 1. The van der Waals surface area contributed by atoms with E-state index in [0.29, 0.717) is 13.2 Å². The number of esters is 1. The first-order valence-electron chi connectivity index (χ1n) is 4.30. The second-order valence-corrected chi connectivity index (χ2v) is 2.75. The highest BCUT2D eigenvalue weighted by Crippen LogP contribution is 2.07. The molecule has 0 radical (unpaired) electrons. The molecule has 1 saturated heterocycles. The standard InChI is InChI=1S/C8H12O7/c1-12-8(11)6(7(9)10)15-5-4-13-2-3-14-5/h5-6H,2-4H2,1H3,(H,9,10). The number of hydrogen-bond acceptors (Lipinski definition) is 6. The molecule has 0 spiro atoms. The molecule has 1 fully saturated rings. The zero-order chi connectivity index (χ0) is 11.3. The Morgan fingerprint density at radius 2 is 2.20 bits per heavy atom. The summed E-state index contributed by atoms with van der Waals surface area (Å²) < 4.78 is 19.2. The molecule has 1 aliphatic heterocycles. The highest BCUT2D eigenvalue weighted by atomic mass is 16.7. The van der Waals surface area contributed by atoms with E-state index in [1.165, 1.54) is 0 Å². The van der Waals surface area contributed by atoms with Crippen molar-refractivity contribution < 1.29 is 33.6 Å². The van der Waals surface area contributed by atoms with Gasteiger partial charge in [0.05, 0.1) is 26.9 Å². The quantitative estimate of drug-likeness (QED) is 0.480. The monoisotopic (exact) mass is 220 g/mol. The Morgan fingerprint density at radius 3 is 2.67 bits per heavy atom. The molecule has 0 aromatic carbocycles. The van der Waals surface area contributed by atoms with Crippen LogP contribution in [0.1, 0.15) is 0 Å². The number of rotatable bonds is 4. The fourth-order valence-corrected chi connectivity index (χ4v) is 1.02. The molecule has 86 valence electrons. The molecule has 0 aromatic heterocycles. The lowest BCUT2D eigenvalue weighted by molar-refractivity contribution is -0.235. The van der Waals surface area contributed by atoms with E-state index in [2.05, 4.69) is 4.74 Å². The van der Waals surface area contributed by atoms with Crippen LogP contribution in [0.15, 0.2) is 0 Å². The average molecular weight is 220 g/mol. The first-order chi connectivity index (χ1) is 7.15. The summed E-state index contributed by atoms with van der Waals surface area (Å²) in [5, 5.41) is 8.68. The molecule has 2 atom stereocenters. The SMILES string of the molecule is COC(=O)C(OC1COCCO1)C(=O)O. The average Bonchev–Trinajstić information content (AvgIpc) is 2.26. The Hall–Kier alpha value is -1.18. The van der Waals surface area contributed by atoms with E-state index in [4.69, 9.17) is 19.3 Å². The Kier molecular flexibility index (Phi) is 4.47. The van der Waals surface area contributed by atoms with Gasteiger partial charge in [0.2, 0.25) is 0 Å². The van der Waals surface area contributed by atoms with Crippen LogP contribution < -0.4 is 0 Å². The molecular formula is C8H12O7. The third-order valence-electron chi connectivity index (χ3n) is 1.71. The van der Waals surface area contributed by atoms with Gasteiger partial charge in [-0.2, -0.15) is 0 Å². The minimum Gasteiger partial charge on any atom is -0.479 e. The van der Waals surface area contributed by atoms with Gasteiger partial charge >= 0.3 is 11.9 Å². The zero-order valence-electron chi connectivity index (χ0n) is 8.17. The van der Waals surface area contributed by atoms with Gasteiger partial charge in [0.25, 0.3) is 6.10 Å². The number of carboxylic acid groups (broad SMARTS) is 1. The summed E-state index contributed by atoms with van der Waals surface area (Å²) in [6, 6.07) is 0. The van der Waals surface area contributed by atoms with Crippen molar-refractivity contribution in [3.05, 3.63) is 0 Å². The van der Waals surface area contributed by atoms with Gasteiger partial charge in [-0.15, -0.1) is 0 Å². The highest BCUT2D eigenvalue weighted by molar-refractivity contribution is 5.96. The molecule has 1 heterocycles. The second kappa shape index (κ2) is 5.64. The van der Waals surface area contributed by atoms with Crippen LogP contribution in [0, 0.1) is 0 Å². The Bertz CT molecular complexity index is 233. The van der Waals surface area contributed by atoms with Crippen molar-refractivity contribution in [3.63, 3.8) is 0 Å². The normalized spacial score (nSPS) is 23.1. The summed E-state index contributed by atoms with van der Waals surface area (Å²) in [5.74, 6) is -2.40. The van der Waals surface area contributed by atoms with Gasteiger partial charge in [-0.05, 0) is 0 Å². The third-order valence-corrected chi connectivity index (χ3v) is 1.71. The van der Waals surface area contributed by atoms with Crippen LogP contribution in [-0.2, 0) is 28.5 Å². The van der Waals surface area contributed by atoms with Gasteiger partial charge in [0.15, 0.2) is 6.29 Å². The summed E-state index contributed by atoms with van der Waals surface area (Å²) in [7, 11) is 1.08. The maximum absolute atomic E-state index is 11.0. The molecule has 0 amide bonds. The van der Waals surface area contributed by atoms with Crippen molar-refractivity contribution in [2.75, 3.05) is 26.9 Å². The highest BCUT2D eigenvalue weighted by Gasteiger charge is 2.32. The predicted octanol–water partition coefficient (Wildman–Crippen LogP) is -0.998. The maximum Gasteiger partial charge on any atom is 0.346 e. The van der Waals surface area contributed by atoms with Gasteiger partial charge in [0.1, 0.15) is 0 Å². The van der Waals surface area contributed by atoms with Crippen LogP contribution in [0.3, 0.4) is 0 Å². The second-order valence-electron chi connectivity index (χ2n) is 2.75. The van der Waals surface area contributed by atoms with E-state index in [1.807, 2.05) is 0 Å². The first kappa shape index (κ1) is 11.9. The molecule has 0 bridgehead atoms. The van der Waals surface area contributed by atoms with Crippen molar-refractivity contribution in [2.24, 2.45) is 0 Å². The largest absolute Gasteiger partial charge is 0.479 e. The predicted molar refractivity (Wildman–Crippen MR) is 45.1 cm³/mol. The van der Waals surface area contributed by atoms with Crippen LogP contribution in [0.5, 0.6) is 0 Å². The van der Waals surface area contributed by atoms with E-state index in [0.717, 1.165) is 7.11 Å². The molecule has 2 unspecified atom stereocenters. The van der Waals surface area contributed by atoms with E-state index in [-0.39, 0.29) is 6.61 Å². The minimum absolute atomic E-state index is 0.0980. The Labute approximate surface area is 85.9 Å². The third kappa shape index (κ3) is 3.46. The first-order valence-corrected chi connectivity index (χ1v) is 4.30. The molecule has 1 rings (SSSR count). The van der Waals surface area contributed by atoms with Crippen LogP contribution in [0.2, 0.25) is 0 Å². The Morgan fingerprint density at radius 1 is 1.47 bits per heavy atom. The van der Waals surface area contributed by atoms with Crippen molar-refractivity contribution in [2.45, 2.75) is 12.4 Å². The summed E-state index contributed by atoms with van der Waals surface area (Å²) in [4.78, 5) is 21.7. The fraction of sp³-hybridized carbons (Fsp3) is 0.750. The minimum atomic E-state index is -1.68. The van der Waals surface area contributed by atoms with Gasteiger partial charge in [-0.3, -0.25) is 0 Å². The number of aliphatic carboxylic acids is 1. The van der Waals surface area contributed by atoms with Gasteiger partial charge in [-0.25, -0.2) is 9.59 Å². The number of hydrogen-bond donors (Lipinski definition) is 1. The van der Waals surface area contributed by atoms with Crippen LogP contribution in [0.4, 0.5) is 0 Å². The van der Waals surface area contributed by atoms with Crippen molar-refractivity contribution in [3.8, 4) is 0 Å². The number of ether oxygens (including phenoxy) is 4. The zero-order valence-corrected chi connectivity index (χ0v) is 8.17. The lowest BCUT2D eigenvalue weighted by atomic mass is 10.3. The molecular weight excluding hydrogens is 208 g/mol. The lowest BCUT2D eigenvalue weighted by Crippen LogP contribution is -2.41. The summed E-state index contributed by atoms with van der Waals surface area (Å²) in [6.07, 6.45) is -2.53. The molecule has 7 nitrogen and oxygen atoms in total. The summed E-state index contributed by atoms with van der Waals surface area (Å²) in [6.45, 7) is 0.828. The smallest absolute Gasteiger partial charge is 0.346 e. The van der Waals surface area contributed by atoms with Gasteiger partial charge in [0, 0.05) is 0 Å². The molecule has 1 aliphatic rings. The Balaban J connectivity index is 2.49. The summed E-state index contributed by atoms with van der Waals surface area (Å²) >= 11 is 0. The topological polar surface area (TPSA) is 91.3 Å². The van der Waals surface area contributed by atoms with Gasteiger partial charge < -0.3 is 24.1 Å². The van der Waals surface area contributed by atoms with E-state index < -0.39 is 24.3 Å². The molecule has 0 aliphatic carbocycles. The van der Waals surface area contributed by atoms with Crippen LogP contribution >= 0.6 is 0 Å². The molecule has 7 heteroatoms. The van der Waals surface area contributed by atoms with Crippen molar-refractivity contribution in [1.29, 1.82) is 0 Å². The van der Waals surface area contributed by atoms with Crippen LogP contribution in [0.25, 0.3) is 0 Å². The number of carbonyl (C=O) groups excluding carboxylic acids is 1. The summed E-state index contributed by atoms with van der Waals surface area (Å²) in [5.41, 5.74) is 0.